The maximum atomic E-state index is 13.4. The first-order valence-corrected chi connectivity index (χ1v) is 11.6. The molecule has 32 heavy (non-hydrogen) atoms. The first kappa shape index (κ1) is 22.0. The fourth-order valence-corrected chi connectivity index (χ4v) is 5.13. The van der Waals surface area contributed by atoms with Gasteiger partial charge in [0.25, 0.3) is 0 Å². The van der Waals surface area contributed by atoms with E-state index in [1.165, 1.54) is 43.5 Å². The smallest absolute Gasteiger partial charge is 0.243 e. The third-order valence-corrected chi connectivity index (χ3v) is 7.28. The molecule has 166 valence electrons. The number of carbonyl (C=O) groups is 1. The lowest BCUT2D eigenvalue weighted by Crippen LogP contribution is -2.42. The molecule has 0 unspecified atom stereocenters. The Balaban J connectivity index is 1.64. The fraction of sp³-hybridized carbons (Fsp3) is 0.208. The van der Waals surface area contributed by atoms with Crippen molar-refractivity contribution in [1.82, 2.24) is 4.31 Å². The molecule has 0 aliphatic carbocycles. The Hall–Kier alpha value is -3.23. The molecular formula is C24H23FN2O4S. The van der Waals surface area contributed by atoms with Crippen LogP contribution in [0.2, 0.25) is 0 Å². The number of benzene rings is 3. The Morgan fingerprint density at radius 1 is 1.03 bits per heavy atom. The third kappa shape index (κ3) is 4.51. The molecule has 0 radical (unpaired) electrons. The highest BCUT2D eigenvalue weighted by Gasteiger charge is 2.31. The van der Waals surface area contributed by atoms with Crippen molar-refractivity contribution in [3.8, 4) is 5.75 Å². The van der Waals surface area contributed by atoms with E-state index in [-0.39, 0.29) is 23.9 Å². The molecule has 6 nitrogen and oxygen atoms in total. The van der Waals surface area contributed by atoms with Crippen LogP contribution >= 0.6 is 0 Å². The van der Waals surface area contributed by atoms with Crippen LogP contribution in [0.3, 0.4) is 0 Å². The van der Waals surface area contributed by atoms with Gasteiger partial charge in [-0.25, -0.2) is 12.8 Å². The van der Waals surface area contributed by atoms with E-state index >= 15 is 0 Å². The highest BCUT2D eigenvalue weighted by atomic mass is 32.2. The van der Waals surface area contributed by atoms with Crippen LogP contribution in [0.1, 0.15) is 11.1 Å². The summed E-state index contributed by atoms with van der Waals surface area (Å²) in [6, 6.07) is 19.2. The highest BCUT2D eigenvalue weighted by molar-refractivity contribution is 7.89. The standard InChI is InChI=1S/C24H23FN2O4S/c1-31-21-10-12-22(13-11-21)32(29,30)26(16-18-6-8-20(25)9-7-18)17-24(28)27-15-14-19-4-2-3-5-23(19)27/h2-13H,14-17H2,1H3. The number of hydrogen-bond acceptors (Lipinski definition) is 4. The Morgan fingerprint density at radius 2 is 1.72 bits per heavy atom. The van der Waals surface area contributed by atoms with Gasteiger partial charge in [0, 0.05) is 18.8 Å². The molecule has 0 N–H and O–H groups in total. The summed E-state index contributed by atoms with van der Waals surface area (Å²) >= 11 is 0. The van der Waals surface area contributed by atoms with E-state index in [4.69, 9.17) is 4.74 Å². The van der Waals surface area contributed by atoms with E-state index < -0.39 is 15.8 Å². The number of anilines is 1. The molecule has 1 aliphatic rings. The van der Waals surface area contributed by atoms with Gasteiger partial charge in [0.2, 0.25) is 15.9 Å². The number of fused-ring (bicyclic) bond motifs is 1. The maximum Gasteiger partial charge on any atom is 0.243 e. The number of ether oxygens (including phenoxy) is 1. The van der Waals surface area contributed by atoms with Gasteiger partial charge in [-0.05, 0) is 60.0 Å². The minimum absolute atomic E-state index is 0.0510. The number of carbonyl (C=O) groups excluding carboxylic acids is 1. The molecule has 0 fully saturated rings. The van der Waals surface area contributed by atoms with Crippen molar-refractivity contribution in [3.63, 3.8) is 0 Å². The fourth-order valence-electron chi connectivity index (χ4n) is 3.75. The number of para-hydroxylation sites is 1. The summed E-state index contributed by atoms with van der Waals surface area (Å²) in [6.07, 6.45) is 0.727. The van der Waals surface area contributed by atoms with Crippen LogP contribution in [0, 0.1) is 5.82 Å². The van der Waals surface area contributed by atoms with Gasteiger partial charge in [0.05, 0.1) is 18.6 Å². The van der Waals surface area contributed by atoms with Gasteiger partial charge >= 0.3 is 0 Å². The maximum absolute atomic E-state index is 13.4. The predicted octanol–water partition coefficient (Wildman–Crippen LogP) is 3.61. The predicted molar refractivity (Wildman–Crippen MR) is 119 cm³/mol. The van der Waals surface area contributed by atoms with Gasteiger partial charge < -0.3 is 9.64 Å². The van der Waals surface area contributed by atoms with Gasteiger partial charge in [-0.3, -0.25) is 4.79 Å². The molecule has 1 aliphatic heterocycles. The zero-order chi connectivity index (χ0) is 22.7. The van der Waals surface area contributed by atoms with E-state index in [1.807, 2.05) is 24.3 Å². The van der Waals surface area contributed by atoms with Crippen molar-refractivity contribution in [2.75, 3.05) is 25.1 Å². The Morgan fingerprint density at radius 3 is 2.41 bits per heavy atom. The van der Waals surface area contributed by atoms with Gasteiger partial charge in [0.1, 0.15) is 11.6 Å². The molecule has 8 heteroatoms. The molecule has 0 aromatic heterocycles. The van der Waals surface area contributed by atoms with Crippen molar-refractivity contribution in [2.24, 2.45) is 0 Å². The summed E-state index contributed by atoms with van der Waals surface area (Å²) in [4.78, 5) is 14.9. The highest BCUT2D eigenvalue weighted by Crippen LogP contribution is 2.28. The van der Waals surface area contributed by atoms with Gasteiger partial charge in [-0.15, -0.1) is 0 Å². The van der Waals surface area contributed by atoms with E-state index in [0.717, 1.165) is 22.0 Å². The van der Waals surface area contributed by atoms with Crippen LogP contribution in [-0.2, 0) is 27.8 Å². The Bertz CT molecular complexity index is 1210. The Labute approximate surface area is 186 Å². The van der Waals surface area contributed by atoms with Crippen molar-refractivity contribution < 1.29 is 22.3 Å². The number of hydrogen-bond donors (Lipinski definition) is 0. The first-order chi connectivity index (χ1) is 15.4. The SMILES string of the molecule is COc1ccc(S(=O)(=O)N(CC(=O)N2CCc3ccccc32)Cc2ccc(F)cc2)cc1. The van der Waals surface area contributed by atoms with E-state index in [9.17, 15) is 17.6 Å². The van der Waals surface area contributed by atoms with Crippen LogP contribution in [0.25, 0.3) is 0 Å². The summed E-state index contributed by atoms with van der Waals surface area (Å²) < 4.78 is 46.5. The second kappa shape index (κ2) is 9.10. The van der Waals surface area contributed by atoms with Crippen LogP contribution < -0.4 is 9.64 Å². The number of amides is 1. The zero-order valence-electron chi connectivity index (χ0n) is 17.6. The van der Waals surface area contributed by atoms with Crippen molar-refractivity contribution in [2.45, 2.75) is 17.9 Å². The Kier molecular flexibility index (Phi) is 6.25. The van der Waals surface area contributed by atoms with E-state index in [1.54, 1.807) is 17.0 Å². The largest absolute Gasteiger partial charge is 0.497 e. The molecular weight excluding hydrogens is 431 g/mol. The summed E-state index contributed by atoms with van der Waals surface area (Å²) in [7, 11) is -2.50. The lowest BCUT2D eigenvalue weighted by atomic mass is 10.2. The molecule has 0 saturated heterocycles. The molecule has 3 aromatic carbocycles. The van der Waals surface area contributed by atoms with Crippen molar-refractivity contribution in [1.29, 1.82) is 0 Å². The zero-order valence-corrected chi connectivity index (χ0v) is 18.4. The average Bonchev–Trinajstić information content (AvgIpc) is 3.24. The molecule has 4 rings (SSSR count). The molecule has 1 amide bonds. The summed E-state index contributed by atoms with van der Waals surface area (Å²) in [5.41, 5.74) is 2.45. The average molecular weight is 455 g/mol. The molecule has 0 spiro atoms. The van der Waals surface area contributed by atoms with E-state index in [2.05, 4.69) is 0 Å². The quantitative estimate of drug-likeness (QED) is 0.547. The number of sulfonamides is 1. The second-order valence-corrected chi connectivity index (χ2v) is 9.44. The number of halogens is 1. The third-order valence-electron chi connectivity index (χ3n) is 5.47. The van der Waals surface area contributed by atoms with Crippen LogP contribution in [0.4, 0.5) is 10.1 Å². The van der Waals surface area contributed by atoms with Crippen LogP contribution in [0.15, 0.2) is 77.7 Å². The summed E-state index contributed by atoms with van der Waals surface area (Å²) in [5, 5.41) is 0. The normalized spacial score (nSPS) is 13.3. The molecule has 0 atom stereocenters. The topological polar surface area (TPSA) is 66.9 Å². The first-order valence-electron chi connectivity index (χ1n) is 10.2. The second-order valence-electron chi connectivity index (χ2n) is 7.50. The lowest BCUT2D eigenvalue weighted by molar-refractivity contribution is -0.118. The minimum Gasteiger partial charge on any atom is -0.497 e. The minimum atomic E-state index is -4.00. The summed E-state index contributed by atoms with van der Waals surface area (Å²) in [5.74, 6) is -0.198. The monoisotopic (exact) mass is 454 g/mol. The van der Waals surface area contributed by atoms with Gasteiger partial charge in [-0.2, -0.15) is 4.31 Å². The van der Waals surface area contributed by atoms with Crippen molar-refractivity contribution in [3.05, 3.63) is 89.7 Å². The van der Waals surface area contributed by atoms with E-state index in [0.29, 0.717) is 17.9 Å². The number of methoxy groups -OCH3 is 1. The van der Waals surface area contributed by atoms with Crippen molar-refractivity contribution >= 4 is 21.6 Å². The lowest BCUT2D eigenvalue weighted by Gasteiger charge is -2.25. The number of rotatable bonds is 7. The number of nitrogens with zero attached hydrogens (tertiary/aromatic N) is 2. The van der Waals surface area contributed by atoms with Gasteiger partial charge in [-0.1, -0.05) is 30.3 Å². The van der Waals surface area contributed by atoms with Crippen LogP contribution in [-0.4, -0.2) is 38.8 Å². The molecule has 3 aromatic rings. The molecule has 0 saturated carbocycles. The molecule has 1 heterocycles. The summed E-state index contributed by atoms with van der Waals surface area (Å²) in [6.45, 7) is 0.112. The van der Waals surface area contributed by atoms with Gasteiger partial charge in [0.15, 0.2) is 0 Å². The van der Waals surface area contributed by atoms with Crippen LogP contribution in [0.5, 0.6) is 5.75 Å². The molecule has 0 bridgehead atoms.